The lowest BCUT2D eigenvalue weighted by atomic mass is 9.93. The maximum absolute atomic E-state index is 2.43. The molecule has 0 aliphatic carbocycles. The van der Waals surface area contributed by atoms with E-state index in [1.165, 1.54) is 65.3 Å². The van der Waals surface area contributed by atoms with Crippen LogP contribution in [0, 0.1) is 0 Å². The number of rotatable bonds is 5. The van der Waals surface area contributed by atoms with Gasteiger partial charge in [-0.05, 0) is 84.7 Å². The van der Waals surface area contributed by atoms with E-state index in [9.17, 15) is 0 Å². The number of benzene rings is 9. The van der Waals surface area contributed by atoms with Crippen molar-refractivity contribution in [1.29, 1.82) is 0 Å². The molecule has 0 saturated carbocycles. The molecule has 47 heavy (non-hydrogen) atoms. The van der Waals surface area contributed by atoms with E-state index < -0.39 is 0 Å². The van der Waals surface area contributed by atoms with Gasteiger partial charge in [0.05, 0.1) is 11.4 Å². The molecular formula is C46H31N. The zero-order chi connectivity index (χ0) is 31.2. The summed E-state index contributed by atoms with van der Waals surface area (Å²) in [6.45, 7) is 0. The molecule has 0 spiro atoms. The fraction of sp³-hybridized carbons (Fsp3) is 0. The van der Waals surface area contributed by atoms with E-state index in [2.05, 4.69) is 193 Å². The summed E-state index contributed by atoms with van der Waals surface area (Å²) < 4.78 is 0. The Bertz CT molecular complexity index is 2570. The van der Waals surface area contributed by atoms with Crippen molar-refractivity contribution >= 4 is 60.2 Å². The van der Waals surface area contributed by atoms with E-state index in [1.54, 1.807) is 0 Å². The maximum Gasteiger partial charge on any atom is 0.0540 e. The first-order valence-corrected chi connectivity index (χ1v) is 16.2. The molecule has 0 unspecified atom stereocenters. The Morgan fingerprint density at radius 2 is 0.787 bits per heavy atom. The van der Waals surface area contributed by atoms with Crippen LogP contribution in [-0.4, -0.2) is 0 Å². The van der Waals surface area contributed by atoms with Gasteiger partial charge in [-0.3, -0.25) is 0 Å². The molecule has 1 nitrogen and oxygen atoms in total. The second-order valence-electron chi connectivity index (χ2n) is 12.1. The van der Waals surface area contributed by atoms with Crippen LogP contribution in [0.5, 0.6) is 0 Å². The highest BCUT2D eigenvalue weighted by Gasteiger charge is 2.20. The molecule has 0 fully saturated rings. The first kappa shape index (κ1) is 27.2. The lowest BCUT2D eigenvalue weighted by molar-refractivity contribution is 1.30. The topological polar surface area (TPSA) is 3.24 Å². The molecule has 9 rings (SSSR count). The average Bonchev–Trinajstić information content (AvgIpc) is 3.15. The standard InChI is InChI=1S/C46H31N/c1-4-18-37-32(13-1)16-11-24-41(37)43-23-9-10-25-46(43)47(45-26-12-17-33-14-2-6-20-39(33)45)36-29-27-34(28-30-36)44-31-35-15-3-5-19-38(35)40-21-7-8-22-42(40)44/h1-31H. The van der Waals surface area contributed by atoms with Gasteiger partial charge in [-0.2, -0.15) is 0 Å². The fourth-order valence-corrected chi connectivity index (χ4v) is 7.25. The average molecular weight is 598 g/mol. The van der Waals surface area contributed by atoms with Gasteiger partial charge in [0, 0.05) is 16.6 Å². The zero-order valence-electron chi connectivity index (χ0n) is 25.8. The summed E-state index contributed by atoms with van der Waals surface area (Å²) in [4.78, 5) is 2.43. The highest BCUT2D eigenvalue weighted by Crippen LogP contribution is 2.45. The van der Waals surface area contributed by atoms with Gasteiger partial charge in [0.15, 0.2) is 0 Å². The number of hydrogen-bond acceptors (Lipinski definition) is 1. The summed E-state index contributed by atoms with van der Waals surface area (Å²) in [5.74, 6) is 0. The van der Waals surface area contributed by atoms with Crippen LogP contribution in [0.4, 0.5) is 17.1 Å². The van der Waals surface area contributed by atoms with Crippen molar-refractivity contribution in [3.63, 3.8) is 0 Å². The van der Waals surface area contributed by atoms with Gasteiger partial charge in [-0.25, -0.2) is 0 Å². The van der Waals surface area contributed by atoms with Crippen molar-refractivity contribution < 1.29 is 0 Å². The summed E-state index contributed by atoms with van der Waals surface area (Å²) in [6, 6.07) is 68.3. The second kappa shape index (κ2) is 11.3. The quantitative estimate of drug-likeness (QED) is 0.178. The minimum absolute atomic E-state index is 1.11. The molecule has 0 heterocycles. The molecule has 0 aliphatic heterocycles. The summed E-state index contributed by atoms with van der Waals surface area (Å²) in [7, 11) is 0. The first-order chi connectivity index (χ1) is 23.3. The fourth-order valence-electron chi connectivity index (χ4n) is 7.25. The molecule has 1 heteroatoms. The maximum atomic E-state index is 2.43. The molecule has 0 atom stereocenters. The van der Waals surface area contributed by atoms with Gasteiger partial charge >= 0.3 is 0 Å². The highest BCUT2D eigenvalue weighted by molar-refractivity contribution is 6.14. The monoisotopic (exact) mass is 597 g/mol. The molecule has 9 aromatic rings. The van der Waals surface area contributed by atoms with Crippen molar-refractivity contribution in [1.82, 2.24) is 0 Å². The van der Waals surface area contributed by atoms with E-state index in [1.807, 2.05) is 0 Å². The van der Waals surface area contributed by atoms with E-state index in [4.69, 9.17) is 0 Å². The van der Waals surface area contributed by atoms with E-state index in [-0.39, 0.29) is 0 Å². The number of nitrogens with zero attached hydrogens (tertiary/aromatic N) is 1. The van der Waals surface area contributed by atoms with Gasteiger partial charge in [-0.1, -0.05) is 158 Å². The Balaban J connectivity index is 1.26. The second-order valence-corrected chi connectivity index (χ2v) is 12.1. The first-order valence-electron chi connectivity index (χ1n) is 16.2. The number of fused-ring (bicyclic) bond motifs is 5. The van der Waals surface area contributed by atoms with Crippen LogP contribution in [0.15, 0.2) is 188 Å². The summed E-state index contributed by atoms with van der Waals surface area (Å²) in [5.41, 5.74) is 8.28. The number of para-hydroxylation sites is 1. The third-order valence-corrected chi connectivity index (χ3v) is 9.44. The predicted octanol–water partition coefficient (Wildman–Crippen LogP) is 13.1. The normalized spacial score (nSPS) is 11.4. The van der Waals surface area contributed by atoms with Crippen LogP contribution in [0.25, 0.3) is 65.3 Å². The molecule has 0 aromatic heterocycles. The van der Waals surface area contributed by atoms with Gasteiger partial charge in [-0.15, -0.1) is 0 Å². The molecule has 0 N–H and O–H groups in total. The lowest BCUT2D eigenvalue weighted by Gasteiger charge is -2.29. The zero-order valence-corrected chi connectivity index (χ0v) is 25.8. The van der Waals surface area contributed by atoms with Gasteiger partial charge in [0.25, 0.3) is 0 Å². The third kappa shape index (κ3) is 4.64. The van der Waals surface area contributed by atoms with Crippen LogP contribution >= 0.6 is 0 Å². The minimum Gasteiger partial charge on any atom is -0.309 e. The van der Waals surface area contributed by atoms with Crippen molar-refractivity contribution in [2.45, 2.75) is 0 Å². The van der Waals surface area contributed by atoms with Crippen molar-refractivity contribution in [3.8, 4) is 22.3 Å². The van der Waals surface area contributed by atoms with Crippen molar-refractivity contribution in [2.24, 2.45) is 0 Å². The number of hydrogen-bond donors (Lipinski definition) is 0. The van der Waals surface area contributed by atoms with Crippen LogP contribution in [0.2, 0.25) is 0 Å². The van der Waals surface area contributed by atoms with Crippen molar-refractivity contribution in [2.75, 3.05) is 4.90 Å². The largest absolute Gasteiger partial charge is 0.309 e. The van der Waals surface area contributed by atoms with Crippen molar-refractivity contribution in [3.05, 3.63) is 188 Å². The Labute approximate surface area is 274 Å². The van der Waals surface area contributed by atoms with Gasteiger partial charge in [0.2, 0.25) is 0 Å². The van der Waals surface area contributed by atoms with E-state index in [0.29, 0.717) is 0 Å². The van der Waals surface area contributed by atoms with E-state index in [0.717, 1.165) is 17.1 Å². The molecule has 9 aromatic carbocycles. The lowest BCUT2D eigenvalue weighted by Crippen LogP contribution is -2.11. The Morgan fingerprint density at radius 3 is 1.57 bits per heavy atom. The number of anilines is 3. The molecule has 0 saturated heterocycles. The SMILES string of the molecule is c1ccc(N(c2ccc(-c3cc4ccccc4c4ccccc34)cc2)c2cccc3ccccc23)c(-c2cccc3ccccc23)c1. The Hall–Kier alpha value is -6.18. The minimum atomic E-state index is 1.11. The van der Waals surface area contributed by atoms with Crippen LogP contribution in [0.1, 0.15) is 0 Å². The molecule has 0 amide bonds. The van der Waals surface area contributed by atoms with Crippen LogP contribution in [0.3, 0.4) is 0 Å². The smallest absolute Gasteiger partial charge is 0.0540 e. The summed E-state index contributed by atoms with van der Waals surface area (Å²) in [5, 5.41) is 10.0. The molecule has 220 valence electrons. The molecular weight excluding hydrogens is 567 g/mol. The van der Waals surface area contributed by atoms with Crippen LogP contribution in [-0.2, 0) is 0 Å². The third-order valence-electron chi connectivity index (χ3n) is 9.44. The van der Waals surface area contributed by atoms with E-state index >= 15 is 0 Å². The van der Waals surface area contributed by atoms with Crippen LogP contribution < -0.4 is 4.90 Å². The summed E-state index contributed by atoms with van der Waals surface area (Å²) >= 11 is 0. The van der Waals surface area contributed by atoms with Gasteiger partial charge < -0.3 is 4.90 Å². The highest BCUT2D eigenvalue weighted by atomic mass is 15.1. The molecule has 0 radical (unpaired) electrons. The molecule has 0 aliphatic rings. The predicted molar refractivity (Wildman–Crippen MR) is 202 cm³/mol. The van der Waals surface area contributed by atoms with Gasteiger partial charge in [0.1, 0.15) is 0 Å². The molecule has 0 bridgehead atoms. The Kier molecular flexibility index (Phi) is 6.54. The summed E-state index contributed by atoms with van der Waals surface area (Å²) in [6.07, 6.45) is 0. The Morgan fingerprint density at radius 1 is 0.277 bits per heavy atom.